The van der Waals surface area contributed by atoms with Crippen LogP contribution in [-0.4, -0.2) is 41.3 Å². The van der Waals surface area contributed by atoms with E-state index in [-0.39, 0.29) is 17.2 Å². The minimum absolute atomic E-state index is 0.109. The van der Waals surface area contributed by atoms with Gasteiger partial charge < -0.3 is 9.47 Å². The first-order chi connectivity index (χ1) is 17.1. The van der Waals surface area contributed by atoms with E-state index in [9.17, 15) is 19.3 Å². The van der Waals surface area contributed by atoms with Gasteiger partial charge in [0.05, 0.1) is 24.2 Å². The van der Waals surface area contributed by atoms with E-state index in [4.69, 9.17) is 9.47 Å². The van der Waals surface area contributed by atoms with Crippen LogP contribution in [0.15, 0.2) is 54.6 Å². The molecule has 9 heteroatoms. The van der Waals surface area contributed by atoms with Gasteiger partial charge in [-0.15, -0.1) is 0 Å². The monoisotopic (exact) mass is 491 g/mol. The number of ether oxygens (including phenoxy) is 2. The Morgan fingerprint density at radius 3 is 2.31 bits per heavy atom. The van der Waals surface area contributed by atoms with Crippen LogP contribution in [0.1, 0.15) is 35.6 Å². The van der Waals surface area contributed by atoms with Crippen molar-refractivity contribution in [2.45, 2.75) is 26.2 Å². The zero-order valence-corrected chi connectivity index (χ0v) is 20.7. The number of esters is 1. The number of aromatic nitrogens is 2. The molecule has 2 aromatic heterocycles. The van der Waals surface area contributed by atoms with Gasteiger partial charge in [0, 0.05) is 40.9 Å². The number of nitrogens with zero attached hydrogens (tertiary/aromatic N) is 3. The van der Waals surface area contributed by atoms with Gasteiger partial charge in [0.15, 0.2) is 0 Å². The van der Waals surface area contributed by atoms with Crippen molar-refractivity contribution in [3.05, 3.63) is 87.5 Å². The fraction of sp³-hybridized carbons (Fsp3) is 0.259. The van der Waals surface area contributed by atoms with Crippen LogP contribution in [0.2, 0.25) is 0 Å². The quantitative estimate of drug-likeness (QED) is 0.185. The Morgan fingerprint density at radius 2 is 1.75 bits per heavy atom. The highest BCUT2D eigenvalue weighted by molar-refractivity contribution is 6.00. The Morgan fingerprint density at radius 1 is 1.11 bits per heavy atom. The molecule has 0 saturated heterocycles. The molecule has 0 N–H and O–H groups in total. The normalized spacial score (nSPS) is 11.6. The van der Waals surface area contributed by atoms with Crippen molar-refractivity contribution in [2.75, 3.05) is 20.8 Å². The van der Waals surface area contributed by atoms with E-state index >= 15 is 0 Å². The Balaban J connectivity index is 2.17. The summed E-state index contributed by atoms with van der Waals surface area (Å²) in [5.41, 5.74) is 3.30. The van der Waals surface area contributed by atoms with Gasteiger partial charge in [-0.1, -0.05) is 26.0 Å². The topological polar surface area (TPSA) is 96.5 Å². The average molecular weight is 492 g/mol. The second-order valence-electron chi connectivity index (χ2n) is 9.14. The number of carbonyl (C=O) groups is 1. The summed E-state index contributed by atoms with van der Waals surface area (Å²) in [6.07, 6.45) is 0. The van der Waals surface area contributed by atoms with Crippen molar-refractivity contribution < 1.29 is 23.6 Å². The van der Waals surface area contributed by atoms with E-state index in [1.165, 1.54) is 25.3 Å². The van der Waals surface area contributed by atoms with Crippen LogP contribution in [0.4, 0.5) is 10.1 Å². The first kappa shape index (κ1) is 25.0. The summed E-state index contributed by atoms with van der Waals surface area (Å²) in [6, 6.07) is 14.4. The lowest BCUT2D eigenvalue weighted by Gasteiger charge is -2.28. The molecule has 0 aliphatic heterocycles. The summed E-state index contributed by atoms with van der Waals surface area (Å²) in [5.74, 6) is -0.852. The largest absolute Gasteiger partial charge is 0.465 e. The molecule has 0 fully saturated rings. The van der Waals surface area contributed by atoms with E-state index < -0.39 is 16.3 Å². The van der Waals surface area contributed by atoms with E-state index in [1.807, 2.05) is 18.4 Å². The number of carbonyl (C=O) groups excluding carboxylic acids is 1. The molecule has 0 bridgehead atoms. The van der Waals surface area contributed by atoms with Crippen molar-refractivity contribution in [3.8, 4) is 16.8 Å². The van der Waals surface area contributed by atoms with Gasteiger partial charge in [-0.3, -0.25) is 14.7 Å². The standard InChI is InChI=1S/C27H26FN3O5/c1-16-22(31(33)34)14-21-23(17-6-8-18(9-7-17)26(32)36-5)24(27(2,3)15-35-4)30(25(21)29-16)20-12-10-19(28)11-13-20/h6-14H,15H2,1-5H3. The number of rotatable bonds is 7. The highest BCUT2D eigenvalue weighted by atomic mass is 19.1. The van der Waals surface area contributed by atoms with Gasteiger partial charge in [-0.25, -0.2) is 14.2 Å². The van der Waals surface area contributed by atoms with E-state index in [2.05, 4.69) is 4.98 Å². The van der Waals surface area contributed by atoms with Gasteiger partial charge in [-0.05, 0) is 48.9 Å². The predicted octanol–water partition coefficient (Wildman–Crippen LogP) is 5.76. The third-order valence-electron chi connectivity index (χ3n) is 6.13. The van der Waals surface area contributed by atoms with Gasteiger partial charge in [0.25, 0.3) is 5.69 Å². The smallest absolute Gasteiger partial charge is 0.337 e. The Labute approximate surface area is 207 Å². The lowest BCUT2D eigenvalue weighted by atomic mass is 9.84. The van der Waals surface area contributed by atoms with Crippen LogP contribution in [0.25, 0.3) is 27.8 Å². The maximum atomic E-state index is 13.8. The first-order valence-corrected chi connectivity index (χ1v) is 11.2. The molecule has 0 radical (unpaired) electrons. The second-order valence-corrected chi connectivity index (χ2v) is 9.14. The Bertz CT molecular complexity index is 1460. The van der Waals surface area contributed by atoms with Crippen molar-refractivity contribution in [2.24, 2.45) is 0 Å². The first-order valence-electron chi connectivity index (χ1n) is 11.2. The van der Waals surface area contributed by atoms with Crippen LogP contribution in [0.5, 0.6) is 0 Å². The lowest BCUT2D eigenvalue weighted by Crippen LogP contribution is -2.27. The molecule has 0 aliphatic carbocycles. The predicted molar refractivity (Wildman–Crippen MR) is 134 cm³/mol. The van der Waals surface area contributed by atoms with Crippen molar-refractivity contribution >= 4 is 22.7 Å². The third-order valence-corrected chi connectivity index (χ3v) is 6.13. The molecule has 0 amide bonds. The molecule has 2 heterocycles. The summed E-state index contributed by atoms with van der Waals surface area (Å²) in [5, 5.41) is 12.4. The maximum Gasteiger partial charge on any atom is 0.337 e. The molecule has 0 spiro atoms. The fourth-order valence-electron chi connectivity index (χ4n) is 4.56. The van der Waals surface area contributed by atoms with Crippen LogP contribution in [0.3, 0.4) is 0 Å². The molecular weight excluding hydrogens is 465 g/mol. The zero-order valence-electron chi connectivity index (χ0n) is 20.7. The number of nitro groups is 1. The molecule has 0 saturated carbocycles. The molecule has 4 aromatic rings. The Kier molecular flexibility index (Phi) is 6.60. The van der Waals surface area contributed by atoms with Gasteiger partial charge in [0.2, 0.25) is 0 Å². The molecular formula is C27H26FN3O5. The van der Waals surface area contributed by atoms with Crippen LogP contribution in [-0.2, 0) is 14.9 Å². The van der Waals surface area contributed by atoms with E-state index in [0.29, 0.717) is 34.5 Å². The molecule has 2 aromatic carbocycles. The summed E-state index contributed by atoms with van der Waals surface area (Å²) in [7, 11) is 2.91. The molecule has 186 valence electrons. The van der Waals surface area contributed by atoms with E-state index in [1.54, 1.807) is 50.4 Å². The van der Waals surface area contributed by atoms with Gasteiger partial charge in [0.1, 0.15) is 17.2 Å². The van der Waals surface area contributed by atoms with Gasteiger partial charge in [-0.2, -0.15) is 0 Å². The van der Waals surface area contributed by atoms with Crippen molar-refractivity contribution in [1.82, 2.24) is 9.55 Å². The molecule has 0 atom stereocenters. The van der Waals surface area contributed by atoms with Gasteiger partial charge >= 0.3 is 5.97 Å². The summed E-state index contributed by atoms with van der Waals surface area (Å²) in [4.78, 5) is 28.0. The molecule has 8 nitrogen and oxygen atoms in total. The lowest BCUT2D eigenvalue weighted by molar-refractivity contribution is -0.385. The Hall–Kier alpha value is -4.11. The summed E-state index contributed by atoms with van der Waals surface area (Å²) in [6.45, 7) is 5.92. The van der Waals surface area contributed by atoms with Crippen molar-refractivity contribution in [3.63, 3.8) is 0 Å². The SMILES string of the molecule is COCC(C)(C)c1c(-c2ccc(C(=O)OC)cc2)c2cc([N+](=O)[O-])c(C)nc2n1-c1ccc(F)cc1. The molecule has 36 heavy (non-hydrogen) atoms. The minimum Gasteiger partial charge on any atom is -0.465 e. The van der Waals surface area contributed by atoms with Crippen molar-refractivity contribution in [1.29, 1.82) is 0 Å². The number of aryl methyl sites for hydroxylation is 1. The second kappa shape index (κ2) is 9.50. The van der Waals surface area contributed by atoms with E-state index in [0.717, 1.165) is 11.3 Å². The maximum absolute atomic E-state index is 13.8. The third kappa shape index (κ3) is 4.33. The van der Waals surface area contributed by atoms with Crippen LogP contribution in [0, 0.1) is 22.9 Å². The number of benzene rings is 2. The summed E-state index contributed by atoms with van der Waals surface area (Å²) < 4.78 is 26.1. The highest BCUT2D eigenvalue weighted by Crippen LogP contribution is 2.44. The number of halogens is 1. The average Bonchev–Trinajstić information content (AvgIpc) is 3.18. The molecule has 0 aliphatic rings. The zero-order chi connectivity index (χ0) is 26.2. The minimum atomic E-state index is -0.594. The number of hydrogen-bond acceptors (Lipinski definition) is 6. The number of fused-ring (bicyclic) bond motifs is 1. The fourth-order valence-corrected chi connectivity index (χ4v) is 4.56. The molecule has 0 unspecified atom stereocenters. The number of pyridine rings is 1. The highest BCUT2D eigenvalue weighted by Gasteiger charge is 2.34. The molecule has 4 rings (SSSR count). The number of hydrogen-bond donors (Lipinski definition) is 0. The van der Waals surface area contributed by atoms with Crippen LogP contribution < -0.4 is 0 Å². The summed E-state index contributed by atoms with van der Waals surface area (Å²) >= 11 is 0. The van der Waals surface area contributed by atoms with Crippen LogP contribution >= 0.6 is 0 Å². The number of methoxy groups -OCH3 is 2.